The molecule has 6 heteroatoms. The Hall–Kier alpha value is -2.76. The fourth-order valence-electron chi connectivity index (χ4n) is 2.71. The highest BCUT2D eigenvalue weighted by Crippen LogP contribution is 2.31. The maximum Gasteiger partial charge on any atom is 0.228 e. The maximum atomic E-state index is 11.9. The first-order valence-corrected chi connectivity index (χ1v) is 7.67. The molecule has 0 aromatic carbocycles. The Bertz CT molecular complexity index is 910. The van der Waals surface area contributed by atoms with Gasteiger partial charge in [-0.2, -0.15) is 0 Å². The van der Waals surface area contributed by atoms with Crippen molar-refractivity contribution in [3.05, 3.63) is 36.4 Å². The van der Waals surface area contributed by atoms with Crippen molar-refractivity contribution in [2.75, 3.05) is 5.32 Å². The number of amides is 1. The van der Waals surface area contributed by atoms with Gasteiger partial charge >= 0.3 is 0 Å². The molecule has 0 saturated heterocycles. The third-order valence-electron chi connectivity index (χ3n) is 4.19. The number of carbonyl (C=O) groups excluding carboxylic acids is 1. The lowest BCUT2D eigenvalue weighted by atomic mass is 10.2. The van der Waals surface area contributed by atoms with Gasteiger partial charge in [0.15, 0.2) is 0 Å². The minimum absolute atomic E-state index is 0.0673. The van der Waals surface area contributed by atoms with Crippen LogP contribution in [0.2, 0.25) is 0 Å². The fraction of sp³-hybridized carbons (Fsp3) is 0.294. The van der Waals surface area contributed by atoms with Crippen molar-refractivity contribution < 1.29 is 4.79 Å². The fourth-order valence-corrected chi connectivity index (χ4v) is 2.71. The molecule has 1 N–H and O–H groups in total. The van der Waals surface area contributed by atoms with Crippen LogP contribution in [-0.4, -0.2) is 25.4 Å². The normalized spacial score (nSPS) is 14.2. The van der Waals surface area contributed by atoms with Crippen molar-refractivity contribution in [3.63, 3.8) is 0 Å². The van der Waals surface area contributed by atoms with Gasteiger partial charge in [-0.25, -0.2) is 15.0 Å². The monoisotopic (exact) mass is 307 g/mol. The molecule has 4 rings (SSSR count). The molecule has 1 fully saturated rings. The minimum atomic E-state index is 0.0673. The minimum Gasteiger partial charge on any atom is -0.342 e. The number of anilines is 1. The highest BCUT2D eigenvalue weighted by atomic mass is 16.2. The zero-order valence-corrected chi connectivity index (χ0v) is 13.1. The van der Waals surface area contributed by atoms with E-state index in [1.54, 1.807) is 12.5 Å². The van der Waals surface area contributed by atoms with Crippen LogP contribution in [-0.2, 0) is 11.8 Å². The highest BCUT2D eigenvalue weighted by Gasteiger charge is 2.29. The van der Waals surface area contributed by atoms with Crippen LogP contribution < -0.4 is 5.32 Å². The van der Waals surface area contributed by atoms with Crippen molar-refractivity contribution >= 4 is 22.6 Å². The van der Waals surface area contributed by atoms with Crippen molar-refractivity contribution in [3.8, 4) is 11.4 Å². The predicted octanol–water partition coefficient (Wildman–Crippen LogP) is 2.69. The summed E-state index contributed by atoms with van der Waals surface area (Å²) in [6.45, 7) is 1.95. The van der Waals surface area contributed by atoms with Gasteiger partial charge in [-0.05, 0) is 31.9 Å². The number of nitrogens with zero attached hydrogens (tertiary/aromatic N) is 4. The van der Waals surface area contributed by atoms with Crippen molar-refractivity contribution in [2.45, 2.75) is 19.8 Å². The number of hydrogen-bond donors (Lipinski definition) is 1. The van der Waals surface area contributed by atoms with Crippen LogP contribution in [0, 0.1) is 12.8 Å². The number of carbonyl (C=O) groups is 1. The Balaban J connectivity index is 1.74. The Morgan fingerprint density at radius 2 is 2.04 bits per heavy atom. The zero-order chi connectivity index (χ0) is 16.0. The predicted molar refractivity (Wildman–Crippen MR) is 87.8 cm³/mol. The number of fused-ring (bicyclic) bond motifs is 1. The summed E-state index contributed by atoms with van der Waals surface area (Å²) < 4.78 is 2.06. The highest BCUT2D eigenvalue weighted by molar-refractivity contribution is 5.95. The Kier molecular flexibility index (Phi) is 3.11. The molecule has 0 radical (unpaired) electrons. The van der Waals surface area contributed by atoms with Gasteiger partial charge in [0, 0.05) is 36.3 Å². The molecule has 6 nitrogen and oxygen atoms in total. The standard InChI is InChI=1S/C17H17N5O/c1-10-5-13(20-9-19-10)15-6-12-8-18-16(7-14(12)22(15)2)21-17(23)11-3-4-11/h5-9,11H,3-4H2,1-2H3,(H,18,21,23). The number of hydrogen-bond acceptors (Lipinski definition) is 4. The van der Waals surface area contributed by atoms with Crippen molar-refractivity contribution in [1.29, 1.82) is 0 Å². The first-order valence-electron chi connectivity index (χ1n) is 7.67. The molecule has 116 valence electrons. The second kappa shape index (κ2) is 5.15. The van der Waals surface area contributed by atoms with Crippen LogP contribution >= 0.6 is 0 Å². The maximum absolute atomic E-state index is 11.9. The second-order valence-corrected chi connectivity index (χ2v) is 6.03. The molecule has 0 spiro atoms. The van der Waals surface area contributed by atoms with Crippen LogP contribution in [0.5, 0.6) is 0 Å². The lowest BCUT2D eigenvalue weighted by Gasteiger charge is -2.06. The third kappa shape index (κ3) is 2.56. The molecule has 3 aromatic heterocycles. The molecule has 3 aromatic rings. The van der Waals surface area contributed by atoms with Crippen LogP contribution in [0.4, 0.5) is 5.82 Å². The molecule has 1 saturated carbocycles. The first kappa shape index (κ1) is 13.9. The lowest BCUT2D eigenvalue weighted by molar-refractivity contribution is -0.117. The summed E-state index contributed by atoms with van der Waals surface area (Å²) in [5.74, 6) is 0.833. The van der Waals surface area contributed by atoms with Gasteiger partial charge in [-0.15, -0.1) is 0 Å². The zero-order valence-electron chi connectivity index (χ0n) is 13.1. The molecule has 0 atom stereocenters. The number of rotatable bonds is 3. The van der Waals surface area contributed by atoms with E-state index in [1.807, 2.05) is 26.1 Å². The smallest absolute Gasteiger partial charge is 0.228 e. The summed E-state index contributed by atoms with van der Waals surface area (Å²) in [6.07, 6.45) is 5.32. The molecule has 1 aliphatic rings. The van der Waals surface area contributed by atoms with E-state index in [9.17, 15) is 4.79 Å². The van der Waals surface area contributed by atoms with Crippen molar-refractivity contribution in [2.24, 2.45) is 13.0 Å². The van der Waals surface area contributed by atoms with E-state index in [0.717, 1.165) is 40.8 Å². The topological polar surface area (TPSA) is 72.7 Å². The van der Waals surface area contributed by atoms with Crippen LogP contribution in [0.15, 0.2) is 30.7 Å². The van der Waals surface area contributed by atoms with E-state index in [-0.39, 0.29) is 11.8 Å². The van der Waals surface area contributed by atoms with E-state index >= 15 is 0 Å². The second-order valence-electron chi connectivity index (χ2n) is 6.03. The van der Waals surface area contributed by atoms with E-state index < -0.39 is 0 Å². The summed E-state index contributed by atoms with van der Waals surface area (Å²) in [7, 11) is 1.99. The number of aryl methyl sites for hydroxylation is 2. The molecule has 0 aliphatic heterocycles. The summed E-state index contributed by atoms with van der Waals surface area (Å²) in [5, 5.41) is 3.91. The van der Waals surface area contributed by atoms with E-state index in [2.05, 4.69) is 30.9 Å². The lowest BCUT2D eigenvalue weighted by Crippen LogP contribution is -2.14. The van der Waals surface area contributed by atoms with Crippen LogP contribution in [0.3, 0.4) is 0 Å². The average molecular weight is 307 g/mol. The quantitative estimate of drug-likeness (QED) is 0.807. The molecule has 1 amide bonds. The number of pyridine rings is 1. The third-order valence-corrected chi connectivity index (χ3v) is 4.19. The van der Waals surface area contributed by atoms with E-state index in [1.165, 1.54) is 0 Å². The summed E-state index contributed by atoms with van der Waals surface area (Å²) >= 11 is 0. The Morgan fingerprint density at radius 3 is 2.78 bits per heavy atom. The van der Waals surface area contributed by atoms with Gasteiger partial charge in [-0.1, -0.05) is 0 Å². The Morgan fingerprint density at radius 1 is 1.22 bits per heavy atom. The molecule has 3 heterocycles. The molecular formula is C17H17N5O. The first-order chi connectivity index (χ1) is 11.1. The van der Waals surface area contributed by atoms with Gasteiger partial charge in [0.2, 0.25) is 5.91 Å². The molecule has 0 unspecified atom stereocenters. The summed E-state index contributed by atoms with van der Waals surface area (Å²) in [4.78, 5) is 24.7. The van der Waals surface area contributed by atoms with Crippen LogP contribution in [0.1, 0.15) is 18.5 Å². The SMILES string of the molecule is Cc1cc(-c2cc3cnc(NC(=O)C4CC4)cc3n2C)ncn1. The van der Waals surface area contributed by atoms with Gasteiger partial charge in [0.25, 0.3) is 0 Å². The van der Waals surface area contributed by atoms with Crippen LogP contribution in [0.25, 0.3) is 22.3 Å². The van der Waals surface area contributed by atoms with Gasteiger partial charge in [0.1, 0.15) is 12.1 Å². The number of nitrogens with one attached hydrogen (secondary N) is 1. The molecule has 0 bridgehead atoms. The molecular weight excluding hydrogens is 290 g/mol. The van der Waals surface area contributed by atoms with Gasteiger partial charge in [0.05, 0.1) is 16.9 Å². The van der Waals surface area contributed by atoms with E-state index in [0.29, 0.717) is 5.82 Å². The summed E-state index contributed by atoms with van der Waals surface area (Å²) in [6, 6.07) is 5.92. The van der Waals surface area contributed by atoms with Gasteiger partial charge < -0.3 is 9.88 Å². The Labute approximate surface area is 133 Å². The van der Waals surface area contributed by atoms with Crippen molar-refractivity contribution in [1.82, 2.24) is 19.5 Å². The summed E-state index contributed by atoms with van der Waals surface area (Å²) in [5.41, 5.74) is 3.81. The molecule has 1 aliphatic carbocycles. The van der Waals surface area contributed by atoms with E-state index in [4.69, 9.17) is 0 Å². The average Bonchev–Trinajstić information content (AvgIpc) is 3.33. The molecule has 23 heavy (non-hydrogen) atoms. The largest absolute Gasteiger partial charge is 0.342 e. The number of aromatic nitrogens is 4. The van der Waals surface area contributed by atoms with Gasteiger partial charge in [-0.3, -0.25) is 4.79 Å².